The standard InChI is InChI=1S/C23H28Cl2N2O5S/c1-16(14-32-20-6-4-19(31-2)5-7-20)26-23(28)18-9-11-27(12-10-18)33(29,30)15-17-3-8-21(24)22(25)13-17/h3-8,13,16,18H,9-12,14-15H2,1-2H3,(H,26,28)/t16-/m0/s1. The highest BCUT2D eigenvalue weighted by Gasteiger charge is 2.31. The first-order valence-electron chi connectivity index (χ1n) is 10.7. The number of piperidine rings is 1. The van der Waals surface area contributed by atoms with Gasteiger partial charge in [-0.3, -0.25) is 4.79 Å². The summed E-state index contributed by atoms with van der Waals surface area (Å²) in [6.45, 7) is 2.81. The van der Waals surface area contributed by atoms with Crippen LogP contribution in [0.4, 0.5) is 0 Å². The van der Waals surface area contributed by atoms with E-state index in [1.54, 1.807) is 25.3 Å². The van der Waals surface area contributed by atoms with Crippen molar-refractivity contribution in [2.24, 2.45) is 5.92 Å². The van der Waals surface area contributed by atoms with Crippen molar-refractivity contribution in [1.29, 1.82) is 0 Å². The van der Waals surface area contributed by atoms with E-state index in [9.17, 15) is 13.2 Å². The number of hydrogen-bond acceptors (Lipinski definition) is 5. The summed E-state index contributed by atoms with van der Waals surface area (Å²) >= 11 is 11.9. The van der Waals surface area contributed by atoms with Gasteiger partial charge in [0.05, 0.1) is 28.9 Å². The molecule has 0 aromatic heterocycles. The summed E-state index contributed by atoms with van der Waals surface area (Å²) < 4.78 is 37.9. The largest absolute Gasteiger partial charge is 0.497 e. The number of halogens is 2. The second kappa shape index (κ2) is 11.4. The van der Waals surface area contributed by atoms with Crippen LogP contribution in [0, 0.1) is 5.92 Å². The van der Waals surface area contributed by atoms with Crippen LogP contribution in [0.5, 0.6) is 11.5 Å². The van der Waals surface area contributed by atoms with Crippen LogP contribution in [-0.4, -0.2) is 51.5 Å². The molecule has 2 aromatic carbocycles. The molecule has 1 saturated heterocycles. The maximum Gasteiger partial charge on any atom is 0.223 e. The van der Waals surface area contributed by atoms with Gasteiger partial charge in [-0.2, -0.15) is 0 Å². The van der Waals surface area contributed by atoms with Gasteiger partial charge in [-0.1, -0.05) is 29.3 Å². The lowest BCUT2D eigenvalue weighted by atomic mass is 9.97. The Balaban J connectivity index is 1.45. The van der Waals surface area contributed by atoms with Gasteiger partial charge in [0, 0.05) is 19.0 Å². The number of benzene rings is 2. The van der Waals surface area contributed by atoms with Gasteiger partial charge in [-0.05, 0) is 61.7 Å². The Labute approximate surface area is 205 Å². The Morgan fingerprint density at radius 1 is 1.09 bits per heavy atom. The highest BCUT2D eigenvalue weighted by Crippen LogP contribution is 2.26. The number of rotatable bonds is 9. The highest BCUT2D eigenvalue weighted by molar-refractivity contribution is 7.88. The van der Waals surface area contributed by atoms with Gasteiger partial charge in [0.15, 0.2) is 0 Å². The van der Waals surface area contributed by atoms with Crippen molar-refractivity contribution in [3.8, 4) is 11.5 Å². The van der Waals surface area contributed by atoms with Crippen LogP contribution >= 0.6 is 23.2 Å². The summed E-state index contributed by atoms with van der Waals surface area (Å²) in [6, 6.07) is 11.9. The minimum atomic E-state index is -3.51. The minimum absolute atomic E-state index is 0.0811. The zero-order valence-corrected chi connectivity index (χ0v) is 20.9. The number of carbonyl (C=O) groups excluding carboxylic acids is 1. The predicted octanol–water partition coefficient (Wildman–Crippen LogP) is 4.13. The molecule has 3 rings (SSSR count). The molecule has 0 aliphatic carbocycles. The summed E-state index contributed by atoms with van der Waals surface area (Å²) in [6.07, 6.45) is 0.941. The van der Waals surface area contributed by atoms with Crippen LogP contribution in [-0.2, 0) is 20.6 Å². The Morgan fingerprint density at radius 3 is 2.33 bits per heavy atom. The molecule has 0 radical (unpaired) electrons. The fourth-order valence-corrected chi connectivity index (χ4v) is 5.49. The SMILES string of the molecule is COc1ccc(OC[C@H](C)NC(=O)C2CCN(S(=O)(=O)Cc3ccc(Cl)c(Cl)c3)CC2)cc1. The molecule has 1 atom stereocenters. The van der Waals surface area contributed by atoms with Crippen molar-refractivity contribution in [3.63, 3.8) is 0 Å². The van der Waals surface area contributed by atoms with E-state index in [1.165, 1.54) is 4.31 Å². The molecule has 1 aliphatic heterocycles. The Morgan fingerprint density at radius 2 is 1.73 bits per heavy atom. The number of carbonyl (C=O) groups is 1. The number of hydrogen-bond donors (Lipinski definition) is 1. The lowest BCUT2D eigenvalue weighted by molar-refractivity contribution is -0.126. The molecular formula is C23H28Cl2N2O5S. The topological polar surface area (TPSA) is 84.9 Å². The van der Waals surface area contributed by atoms with Crippen LogP contribution in [0.3, 0.4) is 0 Å². The zero-order chi connectivity index (χ0) is 24.0. The number of nitrogens with one attached hydrogen (secondary N) is 1. The minimum Gasteiger partial charge on any atom is -0.497 e. The summed E-state index contributed by atoms with van der Waals surface area (Å²) in [5.74, 6) is 0.971. The van der Waals surface area contributed by atoms with Crippen molar-refractivity contribution in [3.05, 3.63) is 58.1 Å². The Kier molecular flexibility index (Phi) is 8.87. The van der Waals surface area contributed by atoms with Gasteiger partial charge in [-0.25, -0.2) is 12.7 Å². The van der Waals surface area contributed by atoms with Crippen LogP contribution in [0.2, 0.25) is 10.0 Å². The average Bonchev–Trinajstić information content (AvgIpc) is 2.80. The number of methoxy groups -OCH3 is 1. The molecule has 1 heterocycles. The fourth-order valence-electron chi connectivity index (χ4n) is 3.62. The monoisotopic (exact) mass is 514 g/mol. The molecule has 1 amide bonds. The van der Waals surface area contributed by atoms with Crippen LogP contribution < -0.4 is 14.8 Å². The second-order valence-electron chi connectivity index (χ2n) is 8.07. The average molecular weight is 515 g/mol. The van der Waals surface area contributed by atoms with Crippen molar-refractivity contribution in [1.82, 2.24) is 9.62 Å². The normalized spacial score (nSPS) is 16.2. The van der Waals surface area contributed by atoms with Crippen molar-refractivity contribution in [2.45, 2.75) is 31.6 Å². The van der Waals surface area contributed by atoms with Gasteiger partial charge in [0.2, 0.25) is 15.9 Å². The van der Waals surface area contributed by atoms with Crippen LogP contribution in [0.25, 0.3) is 0 Å². The van der Waals surface area contributed by atoms with Crippen LogP contribution in [0.1, 0.15) is 25.3 Å². The lowest BCUT2D eigenvalue weighted by Crippen LogP contribution is -2.46. The summed E-state index contributed by atoms with van der Waals surface area (Å²) in [5.41, 5.74) is 0.579. The van der Waals surface area contributed by atoms with Gasteiger partial charge >= 0.3 is 0 Å². The molecule has 10 heteroatoms. The van der Waals surface area contributed by atoms with E-state index in [-0.39, 0.29) is 23.6 Å². The summed E-state index contributed by atoms with van der Waals surface area (Å²) in [7, 11) is -1.91. The third-order valence-corrected chi connectivity index (χ3v) is 8.09. The molecule has 2 aromatic rings. The third kappa shape index (κ3) is 7.24. The van der Waals surface area contributed by atoms with E-state index in [1.807, 2.05) is 31.2 Å². The molecule has 1 aliphatic rings. The molecule has 0 bridgehead atoms. The third-order valence-electron chi connectivity index (χ3n) is 5.50. The fraction of sp³-hybridized carbons (Fsp3) is 0.435. The zero-order valence-electron chi connectivity index (χ0n) is 18.6. The maximum absolute atomic E-state index is 12.8. The quantitative estimate of drug-likeness (QED) is 0.543. The number of ether oxygens (including phenoxy) is 2. The molecule has 0 unspecified atom stereocenters. The van der Waals surface area contributed by atoms with Gasteiger partial charge < -0.3 is 14.8 Å². The number of amides is 1. The van der Waals surface area contributed by atoms with E-state index < -0.39 is 10.0 Å². The predicted molar refractivity (Wildman–Crippen MR) is 129 cm³/mol. The van der Waals surface area contributed by atoms with E-state index in [0.717, 1.165) is 5.75 Å². The Hall–Kier alpha value is -2.00. The van der Waals surface area contributed by atoms with E-state index in [2.05, 4.69) is 5.32 Å². The van der Waals surface area contributed by atoms with Crippen molar-refractivity contribution >= 4 is 39.1 Å². The van der Waals surface area contributed by atoms with E-state index in [0.29, 0.717) is 53.9 Å². The molecule has 0 saturated carbocycles. The van der Waals surface area contributed by atoms with Gasteiger partial charge in [-0.15, -0.1) is 0 Å². The lowest BCUT2D eigenvalue weighted by Gasteiger charge is -2.31. The smallest absolute Gasteiger partial charge is 0.223 e. The molecule has 180 valence electrons. The second-order valence-corrected chi connectivity index (χ2v) is 10.9. The number of nitrogens with zero attached hydrogens (tertiary/aromatic N) is 1. The molecule has 1 fully saturated rings. The molecule has 7 nitrogen and oxygen atoms in total. The molecule has 0 spiro atoms. The first-order chi connectivity index (χ1) is 15.7. The maximum atomic E-state index is 12.8. The summed E-state index contributed by atoms with van der Waals surface area (Å²) in [4.78, 5) is 12.6. The molecular weight excluding hydrogens is 487 g/mol. The van der Waals surface area contributed by atoms with Crippen LogP contribution in [0.15, 0.2) is 42.5 Å². The van der Waals surface area contributed by atoms with E-state index in [4.69, 9.17) is 32.7 Å². The van der Waals surface area contributed by atoms with Crippen molar-refractivity contribution in [2.75, 3.05) is 26.8 Å². The van der Waals surface area contributed by atoms with Gasteiger partial charge in [0.1, 0.15) is 18.1 Å². The number of sulfonamides is 1. The highest BCUT2D eigenvalue weighted by atomic mass is 35.5. The van der Waals surface area contributed by atoms with Gasteiger partial charge in [0.25, 0.3) is 0 Å². The molecule has 1 N–H and O–H groups in total. The Bertz CT molecular complexity index is 1060. The van der Waals surface area contributed by atoms with E-state index >= 15 is 0 Å². The van der Waals surface area contributed by atoms with Crippen molar-refractivity contribution < 1.29 is 22.7 Å². The first kappa shape index (κ1) is 25.6. The first-order valence-corrected chi connectivity index (χ1v) is 13.0. The summed E-state index contributed by atoms with van der Waals surface area (Å²) in [5, 5.41) is 3.67. The molecule has 33 heavy (non-hydrogen) atoms.